The minimum absolute atomic E-state index is 0.305. The van der Waals surface area contributed by atoms with Crippen LogP contribution >= 0.6 is 0 Å². The van der Waals surface area contributed by atoms with Crippen molar-refractivity contribution in [3.8, 4) is 5.88 Å². The third-order valence-corrected chi connectivity index (χ3v) is 1.68. The smallest absolute Gasteiger partial charge is 0.386 e. The second-order valence-electron chi connectivity index (χ2n) is 2.89. The van der Waals surface area contributed by atoms with Gasteiger partial charge in [0.25, 0.3) is 0 Å². The Kier molecular flexibility index (Phi) is 3.93. The molecule has 2 aromatic rings. The summed E-state index contributed by atoms with van der Waals surface area (Å²) in [5.74, 6) is -0.443. The normalized spacial score (nSPS) is 10.9. The highest BCUT2D eigenvalue weighted by molar-refractivity contribution is 5.40. The van der Waals surface area contributed by atoms with E-state index in [1.165, 1.54) is 0 Å². The zero-order valence-electron chi connectivity index (χ0n) is 9.62. The monoisotopic (exact) mass is 247 g/mol. The molecular formula is C10H12F3N3O. The third kappa shape index (κ3) is 3.33. The van der Waals surface area contributed by atoms with Crippen LogP contribution in [0.1, 0.15) is 19.5 Å². The van der Waals surface area contributed by atoms with E-state index in [1.54, 1.807) is 19.1 Å². The molecule has 4 nitrogen and oxygen atoms in total. The highest BCUT2D eigenvalue weighted by Gasteiger charge is 2.32. The summed E-state index contributed by atoms with van der Waals surface area (Å²) >= 11 is 0. The van der Waals surface area contributed by atoms with Crippen molar-refractivity contribution in [2.75, 3.05) is 0 Å². The van der Waals surface area contributed by atoms with Gasteiger partial charge in [0, 0.05) is 0 Å². The van der Waals surface area contributed by atoms with Crippen LogP contribution in [0.5, 0.6) is 5.88 Å². The summed E-state index contributed by atoms with van der Waals surface area (Å²) in [7, 11) is 0. The summed E-state index contributed by atoms with van der Waals surface area (Å²) in [5, 5.41) is 3.85. The van der Waals surface area contributed by atoms with E-state index in [2.05, 4.69) is 14.8 Å². The fourth-order valence-electron chi connectivity index (χ4n) is 1.13. The minimum Gasteiger partial charge on any atom is -0.386 e. The molecule has 0 aliphatic carbocycles. The van der Waals surface area contributed by atoms with Gasteiger partial charge < -0.3 is 4.74 Å². The van der Waals surface area contributed by atoms with Crippen molar-refractivity contribution in [2.45, 2.75) is 27.1 Å². The lowest BCUT2D eigenvalue weighted by atomic mass is 10.4. The quantitative estimate of drug-likeness (QED) is 0.777. The number of alkyl halides is 3. The first-order chi connectivity index (χ1) is 7.96. The van der Waals surface area contributed by atoms with Crippen LogP contribution in [-0.2, 0) is 0 Å². The number of aromatic nitrogens is 3. The highest BCUT2D eigenvalue weighted by Crippen LogP contribution is 2.22. The van der Waals surface area contributed by atoms with Crippen molar-refractivity contribution in [3.63, 3.8) is 0 Å². The first-order valence-electron chi connectivity index (χ1n) is 5.03. The summed E-state index contributed by atoms with van der Waals surface area (Å²) in [5.41, 5.74) is 0.882. The molecule has 0 unspecified atom stereocenters. The molecular weight excluding hydrogens is 235 g/mol. The molecule has 0 bridgehead atoms. The summed E-state index contributed by atoms with van der Waals surface area (Å²) < 4.78 is 40.6. The van der Waals surface area contributed by atoms with Crippen LogP contribution in [0.2, 0.25) is 0 Å². The molecule has 0 spiro atoms. The molecule has 0 saturated heterocycles. The Hall–Kier alpha value is -1.79. The number of aryl methyl sites for hydroxylation is 1. The Morgan fingerprint density at radius 2 is 1.88 bits per heavy atom. The van der Waals surface area contributed by atoms with Crippen LogP contribution in [0, 0.1) is 6.92 Å². The number of imidazole rings is 1. The molecule has 94 valence electrons. The summed E-state index contributed by atoms with van der Waals surface area (Å²) in [6.45, 7) is 5.66. The molecule has 2 heterocycles. The van der Waals surface area contributed by atoms with Gasteiger partial charge in [-0.25, -0.2) is 4.98 Å². The Balaban J connectivity index is 0.000000686. The SMILES string of the molecule is CC.Cc1ccc2ncc(OC(F)(F)F)n2n1. The van der Waals surface area contributed by atoms with Crippen molar-refractivity contribution < 1.29 is 17.9 Å². The molecule has 0 aliphatic rings. The number of hydrogen-bond acceptors (Lipinski definition) is 3. The van der Waals surface area contributed by atoms with Gasteiger partial charge in [-0.2, -0.15) is 9.61 Å². The van der Waals surface area contributed by atoms with Crippen LogP contribution in [0.4, 0.5) is 13.2 Å². The maximum absolute atomic E-state index is 12.0. The van der Waals surface area contributed by atoms with E-state index in [-0.39, 0.29) is 0 Å². The fraction of sp³-hybridized carbons (Fsp3) is 0.400. The van der Waals surface area contributed by atoms with Gasteiger partial charge >= 0.3 is 6.36 Å². The lowest BCUT2D eigenvalue weighted by Crippen LogP contribution is -2.18. The molecule has 0 N–H and O–H groups in total. The van der Waals surface area contributed by atoms with Gasteiger partial charge in [0.15, 0.2) is 5.65 Å². The Morgan fingerprint density at radius 1 is 1.24 bits per heavy atom. The Bertz CT molecular complexity index is 493. The molecule has 0 amide bonds. The molecule has 2 rings (SSSR count). The van der Waals surface area contributed by atoms with Gasteiger partial charge in [-0.1, -0.05) is 13.8 Å². The maximum atomic E-state index is 12.0. The predicted octanol–water partition coefficient (Wildman–Crippen LogP) is 2.96. The zero-order chi connectivity index (χ0) is 13.1. The lowest BCUT2D eigenvalue weighted by molar-refractivity contribution is -0.276. The van der Waals surface area contributed by atoms with E-state index >= 15 is 0 Å². The first kappa shape index (κ1) is 13.3. The van der Waals surface area contributed by atoms with E-state index in [0.717, 1.165) is 10.7 Å². The van der Waals surface area contributed by atoms with Gasteiger partial charge in [-0.15, -0.1) is 13.2 Å². The van der Waals surface area contributed by atoms with Crippen molar-refractivity contribution in [1.29, 1.82) is 0 Å². The number of halogens is 3. The molecule has 0 radical (unpaired) electrons. The summed E-state index contributed by atoms with van der Waals surface area (Å²) in [4.78, 5) is 3.72. The minimum atomic E-state index is -4.73. The second-order valence-corrected chi connectivity index (χ2v) is 2.89. The molecule has 0 aromatic carbocycles. The molecule has 0 atom stereocenters. The highest BCUT2D eigenvalue weighted by atomic mass is 19.4. The Labute approximate surface area is 96.0 Å². The standard InChI is InChI=1S/C8H6F3N3O.C2H6/c1-5-2-3-6-12-4-7(14(6)13-5)15-8(9,10)11;1-2/h2-4H,1H3;1-2H3. The van der Waals surface area contributed by atoms with Crippen LogP contribution < -0.4 is 4.74 Å². The Morgan fingerprint density at radius 3 is 2.47 bits per heavy atom. The van der Waals surface area contributed by atoms with Gasteiger partial charge in [-0.05, 0) is 19.1 Å². The second kappa shape index (κ2) is 5.03. The molecule has 17 heavy (non-hydrogen) atoms. The average Bonchev–Trinajstić information content (AvgIpc) is 2.62. The van der Waals surface area contributed by atoms with E-state index in [4.69, 9.17) is 0 Å². The van der Waals surface area contributed by atoms with Gasteiger partial charge in [-0.3, -0.25) is 0 Å². The van der Waals surface area contributed by atoms with E-state index < -0.39 is 12.2 Å². The van der Waals surface area contributed by atoms with Crippen molar-refractivity contribution >= 4 is 5.65 Å². The van der Waals surface area contributed by atoms with E-state index in [1.807, 2.05) is 13.8 Å². The number of fused-ring (bicyclic) bond motifs is 1. The molecule has 7 heteroatoms. The number of nitrogens with zero attached hydrogens (tertiary/aromatic N) is 3. The fourth-order valence-corrected chi connectivity index (χ4v) is 1.13. The van der Waals surface area contributed by atoms with Crippen LogP contribution in [-0.4, -0.2) is 21.0 Å². The number of hydrogen-bond donors (Lipinski definition) is 0. The molecule has 0 saturated carbocycles. The maximum Gasteiger partial charge on any atom is 0.574 e. The molecule has 0 aliphatic heterocycles. The van der Waals surface area contributed by atoms with E-state index in [9.17, 15) is 13.2 Å². The van der Waals surface area contributed by atoms with Crippen LogP contribution in [0.15, 0.2) is 18.3 Å². The summed E-state index contributed by atoms with van der Waals surface area (Å²) in [6, 6.07) is 3.21. The zero-order valence-corrected chi connectivity index (χ0v) is 9.62. The summed E-state index contributed by atoms with van der Waals surface area (Å²) in [6.07, 6.45) is -3.75. The average molecular weight is 247 g/mol. The van der Waals surface area contributed by atoms with Crippen molar-refractivity contribution in [1.82, 2.24) is 14.6 Å². The number of ether oxygens (including phenoxy) is 1. The van der Waals surface area contributed by atoms with Crippen molar-refractivity contribution in [2.24, 2.45) is 0 Å². The predicted molar refractivity (Wildman–Crippen MR) is 55.8 cm³/mol. The molecule has 2 aromatic heterocycles. The van der Waals surface area contributed by atoms with Crippen LogP contribution in [0.3, 0.4) is 0 Å². The largest absolute Gasteiger partial charge is 0.574 e. The lowest BCUT2D eigenvalue weighted by Gasteiger charge is -2.06. The van der Waals surface area contributed by atoms with E-state index in [0.29, 0.717) is 11.3 Å². The molecule has 0 fully saturated rings. The third-order valence-electron chi connectivity index (χ3n) is 1.68. The topological polar surface area (TPSA) is 39.4 Å². The van der Waals surface area contributed by atoms with Crippen molar-refractivity contribution in [3.05, 3.63) is 24.0 Å². The van der Waals surface area contributed by atoms with Gasteiger partial charge in [0.1, 0.15) is 0 Å². The first-order valence-corrected chi connectivity index (χ1v) is 5.03. The van der Waals surface area contributed by atoms with Gasteiger partial charge in [0.05, 0.1) is 11.9 Å². The van der Waals surface area contributed by atoms with Gasteiger partial charge in [0.2, 0.25) is 5.88 Å². The number of rotatable bonds is 1. The van der Waals surface area contributed by atoms with Crippen LogP contribution in [0.25, 0.3) is 5.65 Å².